The lowest BCUT2D eigenvalue weighted by Crippen LogP contribution is -2.46. The van der Waals surface area contributed by atoms with Crippen molar-refractivity contribution in [3.8, 4) is 5.75 Å². The second-order valence-electron chi connectivity index (χ2n) is 7.35. The Morgan fingerprint density at radius 3 is 2.27 bits per heavy atom. The van der Waals surface area contributed by atoms with Crippen molar-refractivity contribution in [1.29, 1.82) is 0 Å². The maximum absolute atomic E-state index is 12.1. The molecule has 2 amide bonds. The molecular weight excluding hydrogens is 378 g/mol. The van der Waals surface area contributed by atoms with Crippen LogP contribution in [0.2, 0.25) is 0 Å². The number of nitrogens with zero attached hydrogens (tertiary/aromatic N) is 3. The zero-order chi connectivity index (χ0) is 21.2. The van der Waals surface area contributed by atoms with Crippen LogP contribution in [-0.4, -0.2) is 62.2 Å². The lowest BCUT2D eigenvalue weighted by molar-refractivity contribution is 0.131. The predicted molar refractivity (Wildman–Crippen MR) is 118 cm³/mol. The summed E-state index contributed by atoms with van der Waals surface area (Å²) in [6, 6.07) is 15.4. The molecule has 0 atom stereocenters. The van der Waals surface area contributed by atoms with Gasteiger partial charge in [0.1, 0.15) is 5.75 Å². The molecule has 0 spiro atoms. The van der Waals surface area contributed by atoms with Gasteiger partial charge in [0.25, 0.3) is 0 Å². The van der Waals surface area contributed by atoms with Crippen LogP contribution >= 0.6 is 0 Å². The first-order valence-electron chi connectivity index (χ1n) is 10.2. The summed E-state index contributed by atoms with van der Waals surface area (Å²) in [5.74, 6) is 0.797. The predicted octanol–water partition coefficient (Wildman–Crippen LogP) is 3.05. The second-order valence-corrected chi connectivity index (χ2v) is 7.35. The van der Waals surface area contributed by atoms with E-state index in [9.17, 15) is 4.79 Å². The van der Waals surface area contributed by atoms with Crippen LogP contribution < -0.4 is 15.4 Å². The number of methoxy groups -OCH3 is 1. The standard InChI is InChI=1S/C23H29N5O2/c1-24-11-12-27-13-15-28(16-14-27)18-20-3-7-21(8-4-20)26-23(29)25-17-19-5-9-22(30-2)10-6-19/h3-10H,11-18H2,2H3,(H2,25,26,29). The summed E-state index contributed by atoms with van der Waals surface area (Å²) >= 11 is 0. The average molecular weight is 408 g/mol. The van der Waals surface area contributed by atoms with Gasteiger partial charge in [0.2, 0.25) is 6.54 Å². The third-order valence-electron chi connectivity index (χ3n) is 5.22. The van der Waals surface area contributed by atoms with E-state index in [-0.39, 0.29) is 6.03 Å². The fourth-order valence-electron chi connectivity index (χ4n) is 3.42. The third kappa shape index (κ3) is 6.76. The summed E-state index contributed by atoms with van der Waals surface area (Å²) in [4.78, 5) is 20.4. The Kier molecular flexibility index (Phi) is 8.07. The first-order chi connectivity index (χ1) is 14.7. The van der Waals surface area contributed by atoms with Gasteiger partial charge in [0.15, 0.2) is 0 Å². The highest BCUT2D eigenvalue weighted by Gasteiger charge is 2.17. The first-order valence-corrected chi connectivity index (χ1v) is 10.2. The minimum Gasteiger partial charge on any atom is -0.497 e. The van der Waals surface area contributed by atoms with Crippen LogP contribution in [-0.2, 0) is 13.1 Å². The molecule has 2 aromatic rings. The van der Waals surface area contributed by atoms with Gasteiger partial charge in [0.05, 0.1) is 13.7 Å². The van der Waals surface area contributed by atoms with E-state index in [1.807, 2.05) is 36.4 Å². The molecule has 0 saturated carbocycles. The molecule has 0 bridgehead atoms. The Bertz CT molecular complexity index is 837. The van der Waals surface area contributed by atoms with Gasteiger partial charge in [0, 0.05) is 45.0 Å². The minimum absolute atomic E-state index is 0.228. The first kappa shape index (κ1) is 21.6. The fourth-order valence-corrected chi connectivity index (χ4v) is 3.42. The highest BCUT2D eigenvalue weighted by molar-refractivity contribution is 5.89. The van der Waals surface area contributed by atoms with Crippen molar-refractivity contribution in [3.05, 3.63) is 71.1 Å². The van der Waals surface area contributed by atoms with Crippen molar-refractivity contribution in [2.45, 2.75) is 13.1 Å². The molecule has 1 saturated heterocycles. The average Bonchev–Trinajstić information content (AvgIpc) is 2.79. The number of rotatable bonds is 8. The summed E-state index contributed by atoms with van der Waals surface area (Å²) in [7, 11) is 1.63. The molecule has 3 rings (SSSR count). The van der Waals surface area contributed by atoms with Crippen LogP contribution in [0.4, 0.5) is 10.5 Å². The van der Waals surface area contributed by atoms with Gasteiger partial charge in [-0.15, -0.1) is 0 Å². The molecule has 0 unspecified atom stereocenters. The van der Waals surface area contributed by atoms with Crippen LogP contribution in [0.15, 0.2) is 48.5 Å². The van der Waals surface area contributed by atoms with E-state index in [4.69, 9.17) is 11.3 Å². The number of carbonyl (C=O) groups is 1. The minimum atomic E-state index is -0.228. The van der Waals surface area contributed by atoms with Gasteiger partial charge in [-0.25, -0.2) is 11.4 Å². The Balaban J connectivity index is 1.39. The fraction of sp³-hybridized carbons (Fsp3) is 0.391. The Hall–Kier alpha value is -3.08. The Morgan fingerprint density at radius 1 is 1.00 bits per heavy atom. The summed E-state index contributed by atoms with van der Waals surface area (Å²) < 4.78 is 5.14. The van der Waals surface area contributed by atoms with E-state index in [0.717, 1.165) is 56.3 Å². The van der Waals surface area contributed by atoms with Gasteiger partial charge < -0.3 is 20.2 Å². The van der Waals surface area contributed by atoms with E-state index in [0.29, 0.717) is 13.1 Å². The molecule has 7 heteroatoms. The summed E-state index contributed by atoms with van der Waals surface area (Å²) in [5.41, 5.74) is 3.01. The number of carbonyl (C=O) groups excluding carboxylic acids is 1. The maximum Gasteiger partial charge on any atom is 0.319 e. The largest absolute Gasteiger partial charge is 0.497 e. The molecule has 2 aromatic carbocycles. The van der Waals surface area contributed by atoms with Gasteiger partial charge in [-0.05, 0) is 35.4 Å². The normalized spacial score (nSPS) is 14.7. The monoisotopic (exact) mass is 407 g/mol. The number of benzene rings is 2. The molecule has 158 valence electrons. The van der Waals surface area contributed by atoms with Gasteiger partial charge >= 0.3 is 6.03 Å². The molecule has 7 nitrogen and oxygen atoms in total. The van der Waals surface area contributed by atoms with Gasteiger partial charge in [-0.1, -0.05) is 24.3 Å². The van der Waals surface area contributed by atoms with E-state index in [2.05, 4.69) is 37.4 Å². The molecule has 1 fully saturated rings. The van der Waals surface area contributed by atoms with E-state index in [1.165, 1.54) is 5.56 Å². The second kappa shape index (κ2) is 11.2. The topological polar surface area (TPSA) is 61.2 Å². The highest BCUT2D eigenvalue weighted by Crippen LogP contribution is 2.14. The molecule has 1 aliphatic heterocycles. The maximum atomic E-state index is 12.1. The number of urea groups is 1. The highest BCUT2D eigenvalue weighted by atomic mass is 16.5. The quantitative estimate of drug-likeness (QED) is 0.661. The van der Waals surface area contributed by atoms with E-state index < -0.39 is 0 Å². The number of nitrogens with one attached hydrogen (secondary N) is 2. The SMILES string of the molecule is [C-]#[N+]CCN1CCN(Cc2ccc(NC(=O)NCc3ccc(OC)cc3)cc2)CC1. The van der Waals surface area contributed by atoms with E-state index in [1.54, 1.807) is 7.11 Å². The number of anilines is 1. The lowest BCUT2D eigenvalue weighted by atomic mass is 10.1. The van der Waals surface area contributed by atoms with E-state index >= 15 is 0 Å². The van der Waals surface area contributed by atoms with Gasteiger partial charge in [-0.2, -0.15) is 0 Å². The molecule has 0 radical (unpaired) electrons. The number of piperazine rings is 1. The van der Waals surface area contributed by atoms with Crippen LogP contribution in [0, 0.1) is 6.57 Å². The molecule has 0 aliphatic carbocycles. The summed E-state index contributed by atoms with van der Waals surface area (Å²) in [6.45, 7) is 13.8. The molecule has 1 aliphatic rings. The van der Waals surface area contributed by atoms with Crippen LogP contribution in [0.5, 0.6) is 5.75 Å². The van der Waals surface area contributed by atoms with Crippen LogP contribution in [0.25, 0.3) is 4.85 Å². The number of ether oxygens (including phenoxy) is 1. The smallest absolute Gasteiger partial charge is 0.319 e. The molecule has 2 N–H and O–H groups in total. The van der Waals surface area contributed by atoms with Crippen molar-refractivity contribution < 1.29 is 9.53 Å². The van der Waals surface area contributed by atoms with Crippen LogP contribution in [0.1, 0.15) is 11.1 Å². The summed E-state index contributed by atoms with van der Waals surface area (Å²) in [5, 5.41) is 5.73. The van der Waals surface area contributed by atoms with Crippen molar-refractivity contribution in [2.75, 3.05) is 51.7 Å². The number of hydrogen-bond donors (Lipinski definition) is 2. The molecular formula is C23H29N5O2. The number of amides is 2. The molecule has 0 aromatic heterocycles. The van der Waals surface area contributed by atoms with Crippen molar-refractivity contribution in [1.82, 2.24) is 15.1 Å². The summed E-state index contributed by atoms with van der Waals surface area (Å²) in [6.07, 6.45) is 0. The van der Waals surface area contributed by atoms with Crippen molar-refractivity contribution >= 4 is 11.7 Å². The Morgan fingerprint density at radius 2 is 1.63 bits per heavy atom. The van der Waals surface area contributed by atoms with Crippen molar-refractivity contribution in [2.24, 2.45) is 0 Å². The molecule has 30 heavy (non-hydrogen) atoms. The Labute approximate surface area is 178 Å². The lowest BCUT2D eigenvalue weighted by Gasteiger charge is -2.33. The third-order valence-corrected chi connectivity index (χ3v) is 5.22. The molecule has 1 heterocycles. The zero-order valence-corrected chi connectivity index (χ0v) is 17.4. The number of hydrogen-bond acceptors (Lipinski definition) is 4. The zero-order valence-electron chi connectivity index (χ0n) is 17.4. The van der Waals surface area contributed by atoms with Crippen LogP contribution in [0.3, 0.4) is 0 Å². The van der Waals surface area contributed by atoms with Crippen molar-refractivity contribution in [3.63, 3.8) is 0 Å². The van der Waals surface area contributed by atoms with Gasteiger partial charge in [-0.3, -0.25) is 9.80 Å².